The number of nitrogens with one attached hydrogen (secondary N) is 1. The molecule has 0 aliphatic carbocycles. The minimum absolute atomic E-state index is 0.00860. The first-order chi connectivity index (χ1) is 9.33. The van der Waals surface area contributed by atoms with Gasteiger partial charge in [0.05, 0.1) is 5.75 Å². The van der Waals surface area contributed by atoms with Crippen LogP contribution in [0.15, 0.2) is 0 Å². The summed E-state index contributed by atoms with van der Waals surface area (Å²) in [4.78, 5) is 10.5. The average molecular weight is 333 g/mol. The lowest BCUT2D eigenvalue weighted by molar-refractivity contribution is -0.137. The standard InChI is InChI=1S/C12H22F3NO4S/c1-11(2,6-4-10(17)18)7-8-16-21(19,20)9-3-5-12(13,14)15/h16H,3-9H2,1-2H3,(H,17,18). The van der Waals surface area contributed by atoms with Gasteiger partial charge >= 0.3 is 12.1 Å². The molecule has 0 bridgehead atoms. The van der Waals surface area contributed by atoms with Crippen molar-refractivity contribution in [3.8, 4) is 0 Å². The van der Waals surface area contributed by atoms with Crippen LogP contribution in [-0.4, -0.2) is 38.0 Å². The monoisotopic (exact) mass is 333 g/mol. The van der Waals surface area contributed by atoms with Crippen molar-refractivity contribution in [3.05, 3.63) is 0 Å². The van der Waals surface area contributed by atoms with Crippen LogP contribution < -0.4 is 4.72 Å². The fraction of sp³-hybridized carbons (Fsp3) is 0.917. The fourth-order valence-electron chi connectivity index (χ4n) is 1.65. The fourth-order valence-corrected chi connectivity index (χ4v) is 2.73. The molecule has 0 amide bonds. The number of alkyl halides is 3. The van der Waals surface area contributed by atoms with E-state index in [9.17, 15) is 26.4 Å². The lowest BCUT2D eigenvalue weighted by Crippen LogP contribution is -2.30. The minimum atomic E-state index is -4.35. The van der Waals surface area contributed by atoms with Gasteiger partial charge in [-0.15, -0.1) is 0 Å². The van der Waals surface area contributed by atoms with Gasteiger partial charge < -0.3 is 5.11 Å². The molecule has 0 unspecified atom stereocenters. The Morgan fingerprint density at radius 2 is 1.71 bits per heavy atom. The summed E-state index contributed by atoms with van der Waals surface area (Å²) >= 11 is 0. The van der Waals surface area contributed by atoms with E-state index in [1.807, 2.05) is 13.8 Å². The van der Waals surface area contributed by atoms with Crippen molar-refractivity contribution in [1.29, 1.82) is 0 Å². The molecule has 21 heavy (non-hydrogen) atoms. The maximum Gasteiger partial charge on any atom is 0.389 e. The summed E-state index contributed by atoms with van der Waals surface area (Å²) in [5, 5.41) is 8.59. The SMILES string of the molecule is CC(C)(CCNS(=O)(=O)CCCC(F)(F)F)CCC(=O)O. The first-order valence-corrected chi connectivity index (χ1v) is 8.24. The molecule has 0 aromatic rings. The number of carbonyl (C=O) groups is 1. The van der Waals surface area contributed by atoms with Crippen molar-refractivity contribution in [2.75, 3.05) is 12.3 Å². The molecule has 126 valence electrons. The number of aliphatic carboxylic acids is 1. The molecule has 0 aromatic carbocycles. The number of carboxylic acid groups (broad SMARTS) is 1. The quantitative estimate of drug-likeness (QED) is 0.643. The number of rotatable bonds is 10. The van der Waals surface area contributed by atoms with Gasteiger partial charge in [-0.1, -0.05) is 13.8 Å². The van der Waals surface area contributed by atoms with E-state index in [-0.39, 0.29) is 18.4 Å². The van der Waals surface area contributed by atoms with Crippen LogP contribution in [0.5, 0.6) is 0 Å². The van der Waals surface area contributed by atoms with Crippen LogP contribution in [0.1, 0.15) is 46.0 Å². The van der Waals surface area contributed by atoms with Crippen molar-refractivity contribution in [2.24, 2.45) is 5.41 Å². The molecule has 0 aromatic heterocycles. The average Bonchev–Trinajstić information content (AvgIpc) is 2.23. The number of hydrogen-bond donors (Lipinski definition) is 2. The highest BCUT2D eigenvalue weighted by atomic mass is 32.2. The molecule has 2 N–H and O–H groups in total. The Hall–Kier alpha value is -0.830. The maximum atomic E-state index is 11.9. The van der Waals surface area contributed by atoms with E-state index in [4.69, 9.17) is 5.11 Å². The van der Waals surface area contributed by atoms with Gasteiger partial charge in [0, 0.05) is 19.4 Å². The highest BCUT2D eigenvalue weighted by Crippen LogP contribution is 2.26. The van der Waals surface area contributed by atoms with Gasteiger partial charge in [0.25, 0.3) is 0 Å². The van der Waals surface area contributed by atoms with Crippen LogP contribution in [0.4, 0.5) is 13.2 Å². The highest BCUT2D eigenvalue weighted by molar-refractivity contribution is 7.89. The Kier molecular flexibility index (Phi) is 7.66. The molecule has 0 heterocycles. The molecule has 0 aliphatic heterocycles. The first-order valence-electron chi connectivity index (χ1n) is 6.59. The Balaban J connectivity index is 4.06. The minimum Gasteiger partial charge on any atom is -0.481 e. The summed E-state index contributed by atoms with van der Waals surface area (Å²) in [6.07, 6.45) is -5.14. The van der Waals surface area contributed by atoms with Gasteiger partial charge in [-0.05, 0) is 24.7 Å². The predicted molar refractivity (Wildman–Crippen MR) is 72.3 cm³/mol. The van der Waals surface area contributed by atoms with E-state index in [1.54, 1.807) is 0 Å². The molecule has 0 atom stereocenters. The normalized spacial score (nSPS) is 13.4. The van der Waals surface area contributed by atoms with Gasteiger partial charge in [0.1, 0.15) is 0 Å². The van der Waals surface area contributed by atoms with Crippen molar-refractivity contribution < 1.29 is 31.5 Å². The smallest absolute Gasteiger partial charge is 0.389 e. The topological polar surface area (TPSA) is 83.5 Å². The maximum absolute atomic E-state index is 11.9. The lowest BCUT2D eigenvalue weighted by Gasteiger charge is -2.23. The third-order valence-corrected chi connectivity index (χ3v) is 4.48. The summed E-state index contributed by atoms with van der Waals surface area (Å²) in [7, 11) is -3.72. The van der Waals surface area contributed by atoms with E-state index in [1.165, 1.54) is 0 Å². The van der Waals surface area contributed by atoms with Crippen LogP contribution in [0.25, 0.3) is 0 Å². The lowest BCUT2D eigenvalue weighted by atomic mass is 9.84. The van der Waals surface area contributed by atoms with Crippen molar-refractivity contribution >= 4 is 16.0 Å². The molecule has 0 saturated heterocycles. The number of halogens is 3. The second-order valence-electron chi connectivity index (χ2n) is 5.74. The number of sulfonamides is 1. The molecule has 0 radical (unpaired) electrons. The largest absolute Gasteiger partial charge is 0.481 e. The Bertz CT molecular complexity index is 432. The third kappa shape index (κ3) is 12.6. The zero-order chi connectivity index (χ0) is 16.7. The van der Waals surface area contributed by atoms with Crippen LogP contribution in [-0.2, 0) is 14.8 Å². The van der Waals surface area contributed by atoms with Crippen LogP contribution in [0.2, 0.25) is 0 Å². The van der Waals surface area contributed by atoms with E-state index in [0.29, 0.717) is 12.8 Å². The predicted octanol–water partition coefficient (Wildman–Crippen LogP) is 2.53. The summed E-state index contributed by atoms with van der Waals surface area (Å²) in [6, 6.07) is 0. The van der Waals surface area contributed by atoms with Gasteiger partial charge in [-0.3, -0.25) is 4.79 Å². The van der Waals surface area contributed by atoms with Gasteiger partial charge in [-0.25, -0.2) is 13.1 Å². The zero-order valence-corrected chi connectivity index (χ0v) is 13.0. The second-order valence-corrected chi connectivity index (χ2v) is 7.67. The van der Waals surface area contributed by atoms with E-state index >= 15 is 0 Å². The Labute approximate surface area is 123 Å². The van der Waals surface area contributed by atoms with Crippen molar-refractivity contribution in [1.82, 2.24) is 4.72 Å². The molecule has 0 aliphatic rings. The second kappa shape index (κ2) is 7.98. The molecule has 0 fully saturated rings. The summed E-state index contributed by atoms with van der Waals surface area (Å²) in [5.74, 6) is -1.49. The zero-order valence-electron chi connectivity index (χ0n) is 12.2. The first kappa shape index (κ1) is 20.2. The van der Waals surface area contributed by atoms with Crippen LogP contribution in [0.3, 0.4) is 0 Å². The molecule has 0 rings (SSSR count). The molecular formula is C12H22F3NO4S. The molecular weight excluding hydrogens is 311 g/mol. The van der Waals surface area contributed by atoms with Crippen LogP contribution >= 0.6 is 0 Å². The van der Waals surface area contributed by atoms with E-state index < -0.39 is 40.8 Å². The summed E-state index contributed by atoms with van der Waals surface area (Å²) in [5.41, 5.74) is -0.354. The summed E-state index contributed by atoms with van der Waals surface area (Å²) in [6.45, 7) is 3.71. The van der Waals surface area contributed by atoms with Crippen LogP contribution in [0, 0.1) is 5.41 Å². The highest BCUT2D eigenvalue weighted by Gasteiger charge is 2.27. The van der Waals surface area contributed by atoms with Gasteiger partial charge in [-0.2, -0.15) is 13.2 Å². The number of hydrogen-bond acceptors (Lipinski definition) is 3. The third-order valence-electron chi connectivity index (χ3n) is 3.01. The number of carboxylic acids is 1. The van der Waals surface area contributed by atoms with E-state index in [2.05, 4.69) is 4.72 Å². The summed E-state index contributed by atoms with van der Waals surface area (Å²) < 4.78 is 61.0. The van der Waals surface area contributed by atoms with Gasteiger partial charge in [0.2, 0.25) is 10.0 Å². The van der Waals surface area contributed by atoms with E-state index in [0.717, 1.165) is 0 Å². The molecule has 0 saturated carbocycles. The molecule has 5 nitrogen and oxygen atoms in total. The Morgan fingerprint density at radius 1 is 1.14 bits per heavy atom. The molecule has 9 heteroatoms. The molecule has 0 spiro atoms. The van der Waals surface area contributed by atoms with Gasteiger partial charge in [0.15, 0.2) is 0 Å². The van der Waals surface area contributed by atoms with Crippen molar-refractivity contribution in [3.63, 3.8) is 0 Å². The van der Waals surface area contributed by atoms with Crippen molar-refractivity contribution in [2.45, 2.75) is 52.1 Å². The Morgan fingerprint density at radius 3 is 2.19 bits per heavy atom.